The first-order valence-corrected chi connectivity index (χ1v) is 17.4. The molecule has 0 saturated carbocycles. The molecule has 0 aliphatic heterocycles. The zero-order valence-corrected chi connectivity index (χ0v) is 27.8. The van der Waals surface area contributed by atoms with Crippen molar-refractivity contribution in [2.45, 2.75) is 136 Å². The highest BCUT2D eigenvalue weighted by Gasteiger charge is 2.16. The van der Waals surface area contributed by atoms with Gasteiger partial charge >= 0.3 is 5.97 Å². The molecule has 0 heterocycles. The van der Waals surface area contributed by atoms with Gasteiger partial charge in [-0.15, -0.1) is 0 Å². The van der Waals surface area contributed by atoms with Crippen molar-refractivity contribution >= 4 is 17.3 Å². The van der Waals surface area contributed by atoms with Crippen molar-refractivity contribution in [3.8, 4) is 17.2 Å². The highest BCUT2D eigenvalue weighted by molar-refractivity contribution is 5.87. The maximum Gasteiger partial charge on any atom is 0.335 e. The number of aromatic carboxylic acids is 1. The minimum absolute atomic E-state index is 0.214. The van der Waals surface area contributed by atoms with Gasteiger partial charge in [0, 0.05) is 12.1 Å². The molecular formula is C37H58N2O5. The number of benzene rings is 2. The summed E-state index contributed by atoms with van der Waals surface area (Å²) >= 11 is 0. The Hall–Kier alpha value is -3.09. The average Bonchev–Trinajstić information content (AvgIpc) is 3.03. The largest absolute Gasteiger partial charge is 0.489 e. The zero-order valence-electron chi connectivity index (χ0n) is 27.8. The summed E-state index contributed by atoms with van der Waals surface area (Å²) in [7, 11) is 0. The number of hydrogen-bond donors (Lipinski definition) is 1. The second kappa shape index (κ2) is 24.3. The molecule has 0 amide bonds. The molecular weight excluding hydrogens is 552 g/mol. The number of hydrogen-bond acceptors (Lipinski definition) is 6. The van der Waals surface area contributed by atoms with E-state index in [4.69, 9.17) is 14.2 Å². The Morgan fingerprint density at radius 2 is 0.932 bits per heavy atom. The van der Waals surface area contributed by atoms with Crippen molar-refractivity contribution in [1.29, 1.82) is 0 Å². The normalized spacial score (nSPS) is 11.2. The number of azo groups is 1. The Balaban J connectivity index is 2.20. The summed E-state index contributed by atoms with van der Waals surface area (Å²) in [5, 5.41) is 18.0. The first-order valence-electron chi connectivity index (χ1n) is 17.4. The molecule has 2 aromatic rings. The van der Waals surface area contributed by atoms with Gasteiger partial charge in [-0.25, -0.2) is 4.79 Å². The van der Waals surface area contributed by atoms with Crippen molar-refractivity contribution in [3.63, 3.8) is 0 Å². The highest BCUT2D eigenvalue weighted by atomic mass is 16.5. The fourth-order valence-electron chi connectivity index (χ4n) is 4.95. The predicted octanol–water partition coefficient (Wildman–Crippen LogP) is 12.0. The van der Waals surface area contributed by atoms with Gasteiger partial charge in [0.2, 0.25) is 5.75 Å². The molecule has 0 aromatic heterocycles. The highest BCUT2D eigenvalue weighted by Crippen LogP contribution is 2.42. The van der Waals surface area contributed by atoms with Crippen LogP contribution in [0.3, 0.4) is 0 Å². The first-order chi connectivity index (χ1) is 21.6. The molecule has 7 heteroatoms. The lowest BCUT2D eigenvalue weighted by molar-refractivity contribution is 0.0697. The fourth-order valence-corrected chi connectivity index (χ4v) is 4.95. The SMILES string of the molecule is CCCCCCCCOc1cc(N=Nc2ccc(C(=O)O)cc2)cc(OCCCCCCCC)c1OCCCCCCCC. The Morgan fingerprint density at radius 3 is 1.36 bits per heavy atom. The number of rotatable bonds is 27. The van der Waals surface area contributed by atoms with E-state index in [1.54, 1.807) is 12.1 Å². The van der Waals surface area contributed by atoms with E-state index in [9.17, 15) is 9.90 Å². The van der Waals surface area contributed by atoms with E-state index in [1.807, 2.05) is 12.1 Å². The van der Waals surface area contributed by atoms with E-state index in [1.165, 1.54) is 89.2 Å². The zero-order chi connectivity index (χ0) is 31.7. The number of carbonyl (C=O) groups is 1. The van der Waals surface area contributed by atoms with Crippen molar-refractivity contribution in [2.24, 2.45) is 10.2 Å². The maximum atomic E-state index is 11.2. The minimum atomic E-state index is -0.968. The van der Waals surface area contributed by atoms with Crippen LogP contribution < -0.4 is 14.2 Å². The Morgan fingerprint density at radius 1 is 0.545 bits per heavy atom. The molecule has 0 saturated heterocycles. The van der Waals surface area contributed by atoms with Gasteiger partial charge in [0.05, 0.1) is 36.8 Å². The van der Waals surface area contributed by atoms with Gasteiger partial charge in [-0.1, -0.05) is 117 Å². The van der Waals surface area contributed by atoms with Gasteiger partial charge < -0.3 is 19.3 Å². The molecule has 7 nitrogen and oxygen atoms in total. The summed E-state index contributed by atoms with van der Waals surface area (Å²) in [5.74, 6) is 0.963. The molecule has 0 aliphatic rings. The molecule has 246 valence electrons. The first kappa shape index (κ1) is 37.1. The van der Waals surface area contributed by atoms with E-state index in [0.29, 0.717) is 48.4 Å². The van der Waals surface area contributed by atoms with Crippen LogP contribution in [-0.4, -0.2) is 30.9 Å². The van der Waals surface area contributed by atoms with E-state index >= 15 is 0 Å². The van der Waals surface area contributed by atoms with Crippen molar-refractivity contribution < 1.29 is 24.1 Å². The van der Waals surface area contributed by atoms with Gasteiger partial charge in [0.15, 0.2) is 11.5 Å². The molecule has 44 heavy (non-hydrogen) atoms. The topological polar surface area (TPSA) is 89.7 Å². The van der Waals surface area contributed by atoms with E-state index < -0.39 is 5.97 Å². The second-order valence-corrected chi connectivity index (χ2v) is 11.7. The number of carboxylic acid groups (broad SMARTS) is 1. The van der Waals surface area contributed by atoms with Crippen LogP contribution in [0.2, 0.25) is 0 Å². The third kappa shape index (κ3) is 16.1. The molecule has 0 radical (unpaired) electrons. The Labute approximate surface area is 266 Å². The third-order valence-corrected chi connectivity index (χ3v) is 7.66. The minimum Gasteiger partial charge on any atom is -0.489 e. The molecule has 2 aromatic carbocycles. The third-order valence-electron chi connectivity index (χ3n) is 7.66. The average molecular weight is 611 g/mol. The van der Waals surface area contributed by atoms with Crippen LogP contribution in [0.5, 0.6) is 17.2 Å². The van der Waals surface area contributed by atoms with Crippen molar-refractivity contribution in [2.75, 3.05) is 19.8 Å². The lowest BCUT2D eigenvalue weighted by Crippen LogP contribution is -2.06. The predicted molar refractivity (Wildman–Crippen MR) is 181 cm³/mol. The molecule has 0 atom stereocenters. The van der Waals surface area contributed by atoms with Crippen molar-refractivity contribution in [3.05, 3.63) is 42.0 Å². The lowest BCUT2D eigenvalue weighted by Gasteiger charge is -2.18. The summed E-state index contributed by atoms with van der Waals surface area (Å²) in [6.07, 6.45) is 21.4. The molecule has 0 spiro atoms. The summed E-state index contributed by atoms with van der Waals surface area (Å²) < 4.78 is 19.0. The van der Waals surface area contributed by atoms with Crippen LogP contribution >= 0.6 is 0 Å². The van der Waals surface area contributed by atoms with Gasteiger partial charge in [-0.05, 0) is 43.5 Å². The Kier molecular flexibility index (Phi) is 20.5. The molecule has 1 N–H and O–H groups in total. The van der Waals surface area contributed by atoms with Crippen molar-refractivity contribution in [1.82, 2.24) is 0 Å². The number of nitrogens with zero attached hydrogens (tertiary/aromatic N) is 2. The molecule has 0 fully saturated rings. The summed E-state index contributed by atoms with van der Waals surface area (Å²) in [6.45, 7) is 8.53. The van der Waals surface area contributed by atoms with Crippen LogP contribution in [0.1, 0.15) is 147 Å². The van der Waals surface area contributed by atoms with E-state index in [0.717, 1.165) is 38.5 Å². The van der Waals surface area contributed by atoms with Crippen LogP contribution in [0.4, 0.5) is 11.4 Å². The smallest absolute Gasteiger partial charge is 0.335 e. The quantitative estimate of drug-likeness (QED) is 0.0802. The number of unbranched alkanes of at least 4 members (excludes halogenated alkanes) is 15. The van der Waals surface area contributed by atoms with E-state index in [-0.39, 0.29) is 5.56 Å². The lowest BCUT2D eigenvalue weighted by atomic mass is 10.1. The van der Waals surface area contributed by atoms with Gasteiger partial charge in [0.25, 0.3) is 0 Å². The Bertz CT molecular complexity index is 1020. The summed E-state index contributed by atoms with van der Waals surface area (Å²) in [6, 6.07) is 10.1. The van der Waals surface area contributed by atoms with E-state index in [2.05, 4.69) is 31.0 Å². The van der Waals surface area contributed by atoms with Gasteiger partial charge in [-0.2, -0.15) is 10.2 Å². The molecule has 2 rings (SSSR count). The second-order valence-electron chi connectivity index (χ2n) is 11.7. The van der Waals surface area contributed by atoms with Gasteiger partial charge in [-0.3, -0.25) is 0 Å². The number of carboxylic acids is 1. The van der Waals surface area contributed by atoms with Crippen LogP contribution in [-0.2, 0) is 0 Å². The van der Waals surface area contributed by atoms with Crippen LogP contribution in [0.15, 0.2) is 46.6 Å². The number of ether oxygens (including phenoxy) is 3. The summed E-state index contributed by atoms with van der Waals surface area (Å²) in [4.78, 5) is 11.2. The van der Waals surface area contributed by atoms with Gasteiger partial charge in [0.1, 0.15) is 0 Å². The monoisotopic (exact) mass is 610 g/mol. The molecule has 0 bridgehead atoms. The van der Waals surface area contributed by atoms with Crippen LogP contribution in [0.25, 0.3) is 0 Å². The molecule has 0 aliphatic carbocycles. The maximum absolute atomic E-state index is 11.2. The fraction of sp³-hybridized carbons (Fsp3) is 0.649. The van der Waals surface area contributed by atoms with Crippen LogP contribution in [0, 0.1) is 0 Å². The standard InChI is InChI=1S/C37H58N2O5/c1-4-7-10-13-16-19-26-42-34-29-33(39-38-32-24-22-31(23-25-32)37(40)41)30-35(43-27-20-17-14-11-8-5-2)36(34)44-28-21-18-15-12-9-6-3/h22-25,29-30H,4-21,26-28H2,1-3H3,(H,40,41). The molecule has 0 unspecified atom stereocenters. The summed E-state index contributed by atoms with van der Waals surface area (Å²) in [5.41, 5.74) is 1.39.